The summed E-state index contributed by atoms with van der Waals surface area (Å²) in [7, 11) is 2.21. The summed E-state index contributed by atoms with van der Waals surface area (Å²) in [6.45, 7) is 5.89. The molecule has 0 aromatic carbocycles. The van der Waals surface area contributed by atoms with Crippen molar-refractivity contribution in [2.75, 3.05) is 20.1 Å². The molecule has 4 nitrogen and oxygen atoms in total. The molecule has 2 unspecified atom stereocenters. The molecule has 0 aromatic heterocycles. The fraction of sp³-hybridized carbons (Fsp3) is 0.938. The quantitative estimate of drug-likeness (QED) is 0.658. The lowest BCUT2D eigenvalue weighted by molar-refractivity contribution is -0.123. The largest absolute Gasteiger partial charge is 0.355 e. The second-order valence-corrected chi connectivity index (χ2v) is 6.33. The highest BCUT2D eigenvalue weighted by atomic mass is 35.5. The summed E-state index contributed by atoms with van der Waals surface area (Å²) < 4.78 is 0. The van der Waals surface area contributed by atoms with Gasteiger partial charge in [0.1, 0.15) is 0 Å². The summed E-state index contributed by atoms with van der Waals surface area (Å²) in [5.74, 6) is 0.250. The smallest absolute Gasteiger partial charge is 0.237 e. The molecule has 2 atom stereocenters. The summed E-state index contributed by atoms with van der Waals surface area (Å²) in [6, 6.07) is 0.387. The Balaban J connectivity index is 0. The maximum absolute atomic E-state index is 11.8. The van der Waals surface area contributed by atoms with Crippen LogP contribution in [0.1, 0.15) is 58.8 Å². The van der Waals surface area contributed by atoms with Gasteiger partial charge in [-0.15, -0.1) is 24.8 Å². The van der Waals surface area contributed by atoms with Crippen LogP contribution in [0, 0.1) is 5.92 Å². The lowest BCUT2D eigenvalue weighted by atomic mass is 9.94. The predicted octanol–water partition coefficient (Wildman–Crippen LogP) is 2.97. The van der Waals surface area contributed by atoms with E-state index in [1.807, 2.05) is 6.92 Å². The number of carbonyl (C=O) groups is 1. The van der Waals surface area contributed by atoms with Gasteiger partial charge in [-0.25, -0.2) is 0 Å². The molecule has 0 saturated heterocycles. The summed E-state index contributed by atoms with van der Waals surface area (Å²) in [4.78, 5) is 14.3. The van der Waals surface area contributed by atoms with Gasteiger partial charge in [-0.3, -0.25) is 4.79 Å². The van der Waals surface area contributed by atoms with Crippen molar-refractivity contribution in [1.29, 1.82) is 0 Å². The Labute approximate surface area is 148 Å². The number of hydrogen-bond acceptors (Lipinski definition) is 3. The highest BCUT2D eigenvalue weighted by Gasteiger charge is 2.19. The molecule has 0 spiro atoms. The van der Waals surface area contributed by atoms with Crippen molar-refractivity contribution in [2.45, 2.75) is 70.9 Å². The lowest BCUT2D eigenvalue weighted by Gasteiger charge is -2.31. The van der Waals surface area contributed by atoms with Gasteiger partial charge in [-0.1, -0.05) is 39.5 Å². The molecule has 0 aliphatic heterocycles. The van der Waals surface area contributed by atoms with Gasteiger partial charge < -0.3 is 16.0 Å². The Hall–Kier alpha value is -0.0300. The van der Waals surface area contributed by atoms with Crippen molar-refractivity contribution in [3.8, 4) is 0 Å². The number of carbonyl (C=O) groups excluding carboxylic acids is 1. The maximum atomic E-state index is 11.8. The van der Waals surface area contributed by atoms with Gasteiger partial charge in [0.25, 0.3) is 0 Å². The first-order chi connectivity index (χ1) is 9.56. The summed E-state index contributed by atoms with van der Waals surface area (Å²) >= 11 is 0. The van der Waals surface area contributed by atoms with Crippen LogP contribution in [0.15, 0.2) is 0 Å². The summed E-state index contributed by atoms with van der Waals surface area (Å²) in [6.07, 6.45) is 8.76. The molecule has 134 valence electrons. The van der Waals surface area contributed by atoms with E-state index in [0.29, 0.717) is 0 Å². The van der Waals surface area contributed by atoms with E-state index < -0.39 is 0 Å². The number of nitrogens with zero attached hydrogens (tertiary/aromatic N) is 1. The molecule has 0 radical (unpaired) electrons. The summed E-state index contributed by atoms with van der Waals surface area (Å²) in [5, 5.41) is 2.97. The van der Waals surface area contributed by atoms with Crippen LogP contribution in [0.5, 0.6) is 0 Å². The first-order valence-electron chi connectivity index (χ1n) is 8.29. The van der Waals surface area contributed by atoms with E-state index in [0.717, 1.165) is 32.0 Å². The third-order valence-corrected chi connectivity index (χ3v) is 4.74. The van der Waals surface area contributed by atoms with E-state index in [2.05, 4.69) is 24.2 Å². The number of nitrogens with one attached hydrogen (secondary N) is 1. The molecule has 1 aliphatic rings. The fourth-order valence-corrected chi connectivity index (χ4v) is 2.87. The average molecular weight is 356 g/mol. The molecule has 0 aromatic rings. The van der Waals surface area contributed by atoms with Gasteiger partial charge >= 0.3 is 0 Å². The molecule has 1 rings (SSSR count). The molecule has 1 aliphatic carbocycles. The van der Waals surface area contributed by atoms with Crippen LogP contribution < -0.4 is 11.1 Å². The molecule has 1 amide bonds. The monoisotopic (exact) mass is 355 g/mol. The molecule has 3 N–H and O–H groups in total. The molecule has 0 heterocycles. The van der Waals surface area contributed by atoms with E-state index in [1.165, 1.54) is 32.1 Å². The first kappa shape index (κ1) is 24.2. The Kier molecular flexibility index (Phi) is 14.8. The molecule has 1 fully saturated rings. The lowest BCUT2D eigenvalue weighted by Crippen LogP contribution is -2.45. The Morgan fingerprint density at radius 1 is 1.27 bits per heavy atom. The van der Waals surface area contributed by atoms with Crippen molar-refractivity contribution >= 4 is 30.7 Å². The van der Waals surface area contributed by atoms with E-state index in [4.69, 9.17) is 5.73 Å². The highest BCUT2D eigenvalue weighted by Crippen LogP contribution is 2.21. The van der Waals surface area contributed by atoms with Crippen molar-refractivity contribution in [1.82, 2.24) is 10.2 Å². The van der Waals surface area contributed by atoms with Gasteiger partial charge in [0.15, 0.2) is 0 Å². The van der Waals surface area contributed by atoms with E-state index in [9.17, 15) is 4.79 Å². The topological polar surface area (TPSA) is 58.4 Å². The minimum Gasteiger partial charge on any atom is -0.355 e. The number of hydrogen-bond donors (Lipinski definition) is 2. The molecule has 6 heteroatoms. The number of rotatable bonds is 8. The van der Waals surface area contributed by atoms with Gasteiger partial charge in [-0.05, 0) is 38.8 Å². The molecular weight excluding hydrogens is 321 g/mol. The zero-order valence-corrected chi connectivity index (χ0v) is 16.0. The van der Waals surface area contributed by atoms with Crippen molar-refractivity contribution in [2.24, 2.45) is 11.7 Å². The minimum atomic E-state index is -0.365. The Morgan fingerprint density at radius 3 is 2.41 bits per heavy atom. The highest BCUT2D eigenvalue weighted by molar-refractivity contribution is 5.85. The second kappa shape index (κ2) is 13.4. The van der Waals surface area contributed by atoms with Crippen molar-refractivity contribution in [3.63, 3.8) is 0 Å². The fourth-order valence-electron chi connectivity index (χ4n) is 2.87. The van der Waals surface area contributed by atoms with Crippen LogP contribution in [0.25, 0.3) is 0 Å². The van der Waals surface area contributed by atoms with E-state index >= 15 is 0 Å². The minimum absolute atomic E-state index is 0. The third-order valence-electron chi connectivity index (χ3n) is 4.74. The average Bonchev–Trinajstić information content (AvgIpc) is 2.50. The molecule has 0 bridgehead atoms. The number of amides is 1. The van der Waals surface area contributed by atoms with Crippen LogP contribution in [0.3, 0.4) is 0 Å². The van der Waals surface area contributed by atoms with Crippen molar-refractivity contribution in [3.05, 3.63) is 0 Å². The van der Waals surface area contributed by atoms with Gasteiger partial charge in [0.05, 0.1) is 6.04 Å². The Bertz CT molecular complexity index is 287. The first-order valence-corrected chi connectivity index (χ1v) is 8.29. The van der Waals surface area contributed by atoms with E-state index in [-0.39, 0.29) is 42.7 Å². The maximum Gasteiger partial charge on any atom is 0.237 e. The zero-order chi connectivity index (χ0) is 15.0. The standard InChI is InChI=1S/C16H33N3O.2ClH/c1-4-13(2)15(17)16(20)18-11-8-12-19(3)14-9-6-5-7-10-14;;/h13-15H,4-12,17H2,1-3H3,(H,18,20);2*1H. The molecule has 22 heavy (non-hydrogen) atoms. The summed E-state index contributed by atoms with van der Waals surface area (Å²) in [5.41, 5.74) is 5.91. The third kappa shape index (κ3) is 8.56. The van der Waals surface area contributed by atoms with E-state index in [1.54, 1.807) is 0 Å². The predicted molar refractivity (Wildman–Crippen MR) is 99.1 cm³/mol. The second-order valence-electron chi connectivity index (χ2n) is 6.33. The Morgan fingerprint density at radius 2 is 1.86 bits per heavy atom. The number of nitrogens with two attached hydrogens (primary N) is 1. The van der Waals surface area contributed by atoms with Crippen LogP contribution >= 0.6 is 24.8 Å². The van der Waals surface area contributed by atoms with Gasteiger partial charge in [-0.2, -0.15) is 0 Å². The SMILES string of the molecule is CCC(C)C(N)C(=O)NCCCN(C)C1CCCCC1.Cl.Cl. The number of halogens is 2. The van der Waals surface area contributed by atoms with Gasteiger partial charge in [0, 0.05) is 12.6 Å². The zero-order valence-electron chi connectivity index (χ0n) is 14.3. The van der Waals surface area contributed by atoms with Crippen LogP contribution in [-0.2, 0) is 4.79 Å². The van der Waals surface area contributed by atoms with Crippen LogP contribution in [0.4, 0.5) is 0 Å². The van der Waals surface area contributed by atoms with Crippen LogP contribution in [-0.4, -0.2) is 43.0 Å². The molecular formula is C16H35Cl2N3O. The van der Waals surface area contributed by atoms with Gasteiger partial charge in [0.2, 0.25) is 5.91 Å². The van der Waals surface area contributed by atoms with Crippen LogP contribution in [0.2, 0.25) is 0 Å². The normalized spacial score (nSPS) is 18.0. The molecule has 1 saturated carbocycles. The van der Waals surface area contributed by atoms with Crippen molar-refractivity contribution < 1.29 is 4.79 Å².